The van der Waals surface area contributed by atoms with Gasteiger partial charge in [0.25, 0.3) is 0 Å². The summed E-state index contributed by atoms with van der Waals surface area (Å²) in [6.07, 6.45) is 4.92. The van der Waals surface area contributed by atoms with Crippen LogP contribution in [-0.4, -0.2) is 42.8 Å². The molecular weight excluding hydrogens is 480 g/mol. The number of piperidine rings is 1. The smallest absolute Gasteiger partial charge is 0.211 e. The van der Waals surface area contributed by atoms with Crippen LogP contribution in [0.4, 0.5) is 0 Å². The van der Waals surface area contributed by atoms with Gasteiger partial charge >= 0.3 is 0 Å². The minimum Gasteiger partial charge on any atom is -0.294 e. The lowest BCUT2D eigenvalue weighted by atomic mass is 9.82. The van der Waals surface area contributed by atoms with E-state index in [0.29, 0.717) is 36.0 Å². The van der Waals surface area contributed by atoms with Gasteiger partial charge in [-0.25, -0.2) is 12.7 Å². The Kier molecular flexibility index (Phi) is 7.74. The van der Waals surface area contributed by atoms with Crippen LogP contribution in [0.15, 0.2) is 60.8 Å². The highest BCUT2D eigenvalue weighted by molar-refractivity contribution is 7.88. The molecule has 1 aliphatic rings. The molecule has 0 aliphatic carbocycles. The molecule has 0 bridgehead atoms. The molecule has 35 heavy (non-hydrogen) atoms. The van der Waals surface area contributed by atoms with Crippen molar-refractivity contribution in [2.75, 3.05) is 19.3 Å². The number of hydrogen-bond donors (Lipinski definition) is 0. The van der Waals surface area contributed by atoms with E-state index in [9.17, 15) is 13.2 Å². The molecule has 184 valence electrons. The molecule has 0 spiro atoms. The number of aryl methyl sites for hydroxylation is 2. The van der Waals surface area contributed by atoms with E-state index in [4.69, 9.17) is 11.6 Å². The van der Waals surface area contributed by atoms with Crippen molar-refractivity contribution in [3.8, 4) is 0 Å². The molecule has 1 aliphatic heterocycles. The van der Waals surface area contributed by atoms with E-state index in [2.05, 4.69) is 29.2 Å². The number of rotatable bonds is 7. The second kappa shape index (κ2) is 10.6. The highest BCUT2D eigenvalue weighted by Crippen LogP contribution is 2.35. The maximum Gasteiger partial charge on any atom is 0.211 e. The highest BCUT2D eigenvalue weighted by atomic mass is 35.5. The minimum absolute atomic E-state index is 0.0760. The summed E-state index contributed by atoms with van der Waals surface area (Å²) in [5, 5.41) is 0.678. The van der Waals surface area contributed by atoms with Gasteiger partial charge in [-0.3, -0.25) is 9.78 Å². The number of pyridine rings is 1. The molecule has 0 unspecified atom stereocenters. The summed E-state index contributed by atoms with van der Waals surface area (Å²) in [5.41, 5.74) is 5.92. The minimum atomic E-state index is -3.14. The number of aromatic nitrogens is 1. The lowest BCUT2D eigenvalue weighted by molar-refractivity contribution is 0.0977. The third-order valence-electron chi connectivity index (χ3n) is 6.95. The number of carbonyl (C=O) groups excluding carboxylic acids is 1. The van der Waals surface area contributed by atoms with Gasteiger partial charge < -0.3 is 0 Å². The van der Waals surface area contributed by atoms with Crippen molar-refractivity contribution in [2.45, 2.75) is 44.9 Å². The zero-order chi connectivity index (χ0) is 25.2. The molecule has 1 fully saturated rings. The van der Waals surface area contributed by atoms with E-state index in [1.54, 1.807) is 16.6 Å². The zero-order valence-corrected chi connectivity index (χ0v) is 21.9. The molecule has 1 saturated heterocycles. The van der Waals surface area contributed by atoms with E-state index < -0.39 is 10.0 Å². The molecule has 0 saturated carbocycles. The largest absolute Gasteiger partial charge is 0.294 e. The quantitative estimate of drug-likeness (QED) is 0.371. The van der Waals surface area contributed by atoms with Crippen LogP contribution in [0.3, 0.4) is 0 Å². The van der Waals surface area contributed by atoms with Crippen LogP contribution < -0.4 is 0 Å². The van der Waals surface area contributed by atoms with Gasteiger partial charge in [-0.1, -0.05) is 41.9 Å². The third-order valence-corrected chi connectivity index (χ3v) is 8.49. The van der Waals surface area contributed by atoms with Crippen LogP contribution in [0.2, 0.25) is 5.02 Å². The Morgan fingerprint density at radius 1 is 1.06 bits per heavy atom. The lowest BCUT2D eigenvalue weighted by Crippen LogP contribution is -2.37. The summed E-state index contributed by atoms with van der Waals surface area (Å²) < 4.78 is 25.2. The van der Waals surface area contributed by atoms with Crippen molar-refractivity contribution < 1.29 is 13.2 Å². The summed E-state index contributed by atoms with van der Waals surface area (Å²) in [7, 11) is -3.14. The molecule has 0 amide bonds. The Labute approximate surface area is 213 Å². The van der Waals surface area contributed by atoms with Crippen LogP contribution >= 0.6 is 11.6 Å². The van der Waals surface area contributed by atoms with Gasteiger partial charge in [0.2, 0.25) is 10.0 Å². The second-order valence-electron chi connectivity index (χ2n) is 9.47. The van der Waals surface area contributed by atoms with Crippen molar-refractivity contribution in [2.24, 2.45) is 0 Å². The molecule has 7 heteroatoms. The van der Waals surface area contributed by atoms with Crippen LogP contribution in [0.25, 0.3) is 0 Å². The third kappa shape index (κ3) is 6.18. The van der Waals surface area contributed by atoms with Crippen LogP contribution in [0.1, 0.15) is 69.4 Å². The number of hydrogen-bond acceptors (Lipinski definition) is 4. The van der Waals surface area contributed by atoms with Gasteiger partial charge in [0, 0.05) is 47.9 Å². The molecular formula is C28H31ClN2O3S. The number of sulfonamides is 1. The van der Waals surface area contributed by atoms with Crippen LogP contribution in [0, 0.1) is 13.8 Å². The Bertz CT molecular complexity index is 1310. The molecule has 2 aromatic carbocycles. The van der Waals surface area contributed by atoms with Gasteiger partial charge in [-0.2, -0.15) is 0 Å². The Morgan fingerprint density at radius 3 is 2.34 bits per heavy atom. The van der Waals surface area contributed by atoms with Gasteiger partial charge in [0.05, 0.1) is 6.26 Å². The molecule has 0 radical (unpaired) electrons. The van der Waals surface area contributed by atoms with Crippen molar-refractivity contribution in [1.29, 1.82) is 0 Å². The molecule has 1 aromatic heterocycles. The number of carbonyl (C=O) groups is 1. The van der Waals surface area contributed by atoms with E-state index in [-0.39, 0.29) is 11.7 Å². The molecule has 4 rings (SSSR count). The van der Waals surface area contributed by atoms with Gasteiger partial charge in [0.1, 0.15) is 0 Å². The Balaban J connectivity index is 1.59. The number of ketones is 1. The summed E-state index contributed by atoms with van der Waals surface area (Å²) in [6, 6.07) is 17.9. The van der Waals surface area contributed by atoms with Gasteiger partial charge in [0.15, 0.2) is 5.78 Å². The van der Waals surface area contributed by atoms with E-state index >= 15 is 0 Å². The predicted octanol–water partition coefficient (Wildman–Crippen LogP) is 5.90. The fourth-order valence-electron chi connectivity index (χ4n) is 4.98. The average molecular weight is 511 g/mol. The summed E-state index contributed by atoms with van der Waals surface area (Å²) in [5.74, 6) is 0.306. The SMILES string of the molecule is Cc1cc(C(=O)C[C@H](c2ccc(C3CCN(S(C)(=O)=O)CC3)cc2)c2ccc(Cl)cc2C)ccn1. The first kappa shape index (κ1) is 25.5. The van der Waals surface area contributed by atoms with Gasteiger partial charge in [-0.15, -0.1) is 0 Å². The first-order chi connectivity index (χ1) is 16.6. The normalized spacial score (nSPS) is 16.2. The zero-order valence-electron chi connectivity index (χ0n) is 20.4. The van der Waals surface area contributed by atoms with Gasteiger partial charge in [-0.05, 0) is 79.1 Å². The summed E-state index contributed by atoms with van der Waals surface area (Å²) in [6.45, 7) is 5.02. The molecule has 1 atom stereocenters. The second-order valence-corrected chi connectivity index (χ2v) is 11.9. The number of halogens is 1. The summed E-state index contributed by atoms with van der Waals surface area (Å²) in [4.78, 5) is 17.5. The standard InChI is InChI=1S/C28H31ClN2O3S/c1-19-16-25(29)8-9-26(19)27(18-28(32)24-10-13-30-20(2)17-24)23-6-4-21(5-7-23)22-11-14-31(15-12-22)35(3,33)34/h4-10,13,16-17,22,27H,11-12,14-15,18H2,1-3H3/t27-/m1/s1. The Hall–Kier alpha value is -2.54. The van der Waals surface area contributed by atoms with E-state index in [1.165, 1.54) is 11.8 Å². The lowest BCUT2D eigenvalue weighted by Gasteiger charge is -2.30. The number of benzene rings is 2. The van der Waals surface area contributed by atoms with E-state index in [0.717, 1.165) is 35.2 Å². The predicted molar refractivity (Wildman–Crippen MR) is 141 cm³/mol. The molecule has 0 N–H and O–H groups in total. The maximum atomic E-state index is 13.3. The van der Waals surface area contributed by atoms with Crippen LogP contribution in [-0.2, 0) is 10.0 Å². The first-order valence-electron chi connectivity index (χ1n) is 11.9. The molecule has 5 nitrogen and oxygen atoms in total. The molecule has 2 heterocycles. The van der Waals surface area contributed by atoms with E-state index in [1.807, 2.05) is 38.1 Å². The fourth-order valence-corrected chi connectivity index (χ4v) is 6.08. The maximum absolute atomic E-state index is 13.3. The topological polar surface area (TPSA) is 67.3 Å². The van der Waals surface area contributed by atoms with Crippen LogP contribution in [0.5, 0.6) is 0 Å². The van der Waals surface area contributed by atoms with Crippen molar-refractivity contribution in [3.63, 3.8) is 0 Å². The summed E-state index contributed by atoms with van der Waals surface area (Å²) >= 11 is 6.22. The number of Topliss-reactive ketones (excluding diaryl/α,β-unsaturated/α-hetero) is 1. The first-order valence-corrected chi connectivity index (χ1v) is 14.1. The highest BCUT2D eigenvalue weighted by Gasteiger charge is 2.26. The van der Waals surface area contributed by atoms with Crippen molar-refractivity contribution in [3.05, 3.63) is 99.3 Å². The van der Waals surface area contributed by atoms with Crippen molar-refractivity contribution in [1.82, 2.24) is 9.29 Å². The monoisotopic (exact) mass is 510 g/mol. The fraction of sp³-hybridized carbons (Fsp3) is 0.357. The number of nitrogens with zero attached hydrogens (tertiary/aromatic N) is 2. The Morgan fingerprint density at radius 2 is 1.74 bits per heavy atom. The molecule has 3 aromatic rings. The average Bonchev–Trinajstić information content (AvgIpc) is 2.82. The van der Waals surface area contributed by atoms with Crippen molar-refractivity contribution >= 4 is 27.4 Å².